The monoisotopic (exact) mass is 410 g/mol. The van der Waals surface area contributed by atoms with Crippen LogP contribution in [0.4, 0.5) is 5.82 Å². The average Bonchev–Trinajstić information content (AvgIpc) is 3.24. The van der Waals surface area contributed by atoms with E-state index in [1.54, 1.807) is 11.1 Å². The fraction of sp³-hybridized carbons (Fsp3) is 0.269. The molecule has 5 heteroatoms. The van der Waals surface area contributed by atoms with Gasteiger partial charge in [0.25, 0.3) is 0 Å². The van der Waals surface area contributed by atoms with Crippen LogP contribution in [-0.4, -0.2) is 27.9 Å². The summed E-state index contributed by atoms with van der Waals surface area (Å²) < 4.78 is 0. The summed E-state index contributed by atoms with van der Waals surface area (Å²) in [6.07, 6.45) is 5.18. The van der Waals surface area contributed by atoms with Gasteiger partial charge in [-0.25, -0.2) is 9.97 Å². The third-order valence-corrected chi connectivity index (χ3v) is 6.33. The molecule has 1 unspecified atom stereocenters. The predicted molar refractivity (Wildman–Crippen MR) is 124 cm³/mol. The summed E-state index contributed by atoms with van der Waals surface area (Å²) in [6, 6.07) is 19.0. The molecule has 5 nitrogen and oxygen atoms in total. The standard InChI is InChI=1S/C26H26N4O/c1-3-17-9-13-22-23(15-17)29-25(28-22)19-10-6-18(7-11-19)8-12-20-16-24(31)30(2)26-21(20)5-4-14-27-26/h4-7,9-11,13-15,20H,3,8,12,16H2,1-2H3,(H,28,29). The number of nitrogens with one attached hydrogen (secondary N) is 1. The van der Waals surface area contributed by atoms with Gasteiger partial charge in [0.15, 0.2) is 0 Å². The first-order valence-corrected chi connectivity index (χ1v) is 10.9. The summed E-state index contributed by atoms with van der Waals surface area (Å²) in [5.41, 5.74) is 6.91. The van der Waals surface area contributed by atoms with Crippen molar-refractivity contribution in [2.45, 2.75) is 38.5 Å². The number of aromatic amines is 1. The molecule has 0 fully saturated rings. The van der Waals surface area contributed by atoms with Crippen LogP contribution in [0.3, 0.4) is 0 Å². The van der Waals surface area contributed by atoms with Gasteiger partial charge >= 0.3 is 0 Å². The Hall–Kier alpha value is -3.47. The van der Waals surface area contributed by atoms with Crippen molar-refractivity contribution in [1.82, 2.24) is 15.0 Å². The van der Waals surface area contributed by atoms with Crippen molar-refractivity contribution in [2.75, 3.05) is 11.9 Å². The molecule has 5 rings (SSSR count). The van der Waals surface area contributed by atoms with Gasteiger partial charge in [-0.05, 0) is 60.1 Å². The number of hydrogen-bond acceptors (Lipinski definition) is 3. The lowest BCUT2D eigenvalue weighted by atomic mass is 9.87. The number of aryl methyl sites for hydroxylation is 2. The second-order valence-corrected chi connectivity index (χ2v) is 8.30. The van der Waals surface area contributed by atoms with E-state index in [0.717, 1.165) is 47.5 Å². The molecule has 0 saturated carbocycles. The van der Waals surface area contributed by atoms with Gasteiger partial charge in [0, 0.05) is 25.2 Å². The van der Waals surface area contributed by atoms with Crippen LogP contribution >= 0.6 is 0 Å². The van der Waals surface area contributed by atoms with E-state index in [1.807, 2.05) is 13.1 Å². The van der Waals surface area contributed by atoms with Crippen molar-refractivity contribution in [3.8, 4) is 11.4 Å². The Labute approximate surface area is 182 Å². The molecule has 2 aromatic carbocycles. The van der Waals surface area contributed by atoms with E-state index in [4.69, 9.17) is 4.98 Å². The molecule has 2 aromatic heterocycles. The fourth-order valence-corrected chi connectivity index (χ4v) is 4.43. The minimum absolute atomic E-state index is 0.141. The van der Waals surface area contributed by atoms with Crippen LogP contribution in [0.5, 0.6) is 0 Å². The first-order chi connectivity index (χ1) is 15.1. The summed E-state index contributed by atoms with van der Waals surface area (Å²) in [4.78, 5) is 26.7. The van der Waals surface area contributed by atoms with E-state index in [1.165, 1.54) is 16.7 Å². The highest BCUT2D eigenvalue weighted by molar-refractivity contribution is 5.95. The quantitative estimate of drug-likeness (QED) is 0.487. The predicted octanol–water partition coefficient (Wildman–Crippen LogP) is 5.27. The Morgan fingerprint density at radius 2 is 1.90 bits per heavy atom. The minimum atomic E-state index is 0.141. The van der Waals surface area contributed by atoms with Gasteiger partial charge < -0.3 is 4.98 Å². The number of pyridine rings is 1. The van der Waals surface area contributed by atoms with E-state index in [-0.39, 0.29) is 11.8 Å². The van der Waals surface area contributed by atoms with Gasteiger partial charge in [0.1, 0.15) is 11.6 Å². The number of carbonyl (C=O) groups is 1. The molecule has 0 saturated heterocycles. The van der Waals surface area contributed by atoms with Crippen molar-refractivity contribution in [3.63, 3.8) is 0 Å². The number of amides is 1. The van der Waals surface area contributed by atoms with Gasteiger partial charge in [-0.3, -0.25) is 9.69 Å². The summed E-state index contributed by atoms with van der Waals surface area (Å²) in [5.74, 6) is 2.06. The van der Waals surface area contributed by atoms with E-state index < -0.39 is 0 Å². The maximum atomic E-state index is 12.4. The van der Waals surface area contributed by atoms with Gasteiger partial charge in [-0.1, -0.05) is 43.3 Å². The van der Waals surface area contributed by atoms with Crippen LogP contribution in [0.25, 0.3) is 22.4 Å². The van der Waals surface area contributed by atoms with Gasteiger partial charge in [-0.2, -0.15) is 0 Å². The highest BCUT2D eigenvalue weighted by Gasteiger charge is 2.29. The number of H-pyrrole nitrogens is 1. The van der Waals surface area contributed by atoms with Crippen LogP contribution in [0.2, 0.25) is 0 Å². The molecular formula is C26H26N4O. The third kappa shape index (κ3) is 3.72. The molecule has 1 N–H and O–H groups in total. The van der Waals surface area contributed by atoms with Crippen LogP contribution in [-0.2, 0) is 17.6 Å². The van der Waals surface area contributed by atoms with E-state index in [0.29, 0.717) is 6.42 Å². The average molecular weight is 411 g/mol. The Bertz CT molecular complexity index is 1240. The van der Waals surface area contributed by atoms with Crippen LogP contribution in [0, 0.1) is 0 Å². The summed E-state index contributed by atoms with van der Waals surface area (Å²) >= 11 is 0. The van der Waals surface area contributed by atoms with Crippen LogP contribution in [0.15, 0.2) is 60.8 Å². The zero-order valence-corrected chi connectivity index (χ0v) is 17.9. The van der Waals surface area contributed by atoms with Gasteiger partial charge in [0.2, 0.25) is 5.91 Å². The van der Waals surface area contributed by atoms with E-state index >= 15 is 0 Å². The van der Waals surface area contributed by atoms with E-state index in [9.17, 15) is 4.79 Å². The first kappa shape index (κ1) is 19.5. The summed E-state index contributed by atoms with van der Waals surface area (Å²) in [7, 11) is 1.81. The molecule has 156 valence electrons. The number of carbonyl (C=O) groups excluding carboxylic acids is 1. The Morgan fingerprint density at radius 1 is 1.10 bits per heavy atom. The van der Waals surface area contributed by atoms with Crippen LogP contribution < -0.4 is 4.90 Å². The Kier molecular flexibility index (Phi) is 5.02. The zero-order valence-electron chi connectivity index (χ0n) is 17.9. The first-order valence-electron chi connectivity index (χ1n) is 10.9. The third-order valence-electron chi connectivity index (χ3n) is 6.33. The molecule has 0 spiro atoms. The molecule has 31 heavy (non-hydrogen) atoms. The van der Waals surface area contributed by atoms with Gasteiger partial charge in [-0.15, -0.1) is 0 Å². The maximum Gasteiger partial charge on any atom is 0.228 e. The van der Waals surface area contributed by atoms with Crippen molar-refractivity contribution in [3.05, 3.63) is 77.5 Å². The maximum absolute atomic E-state index is 12.4. The van der Waals surface area contributed by atoms with Crippen molar-refractivity contribution in [2.24, 2.45) is 0 Å². The second-order valence-electron chi connectivity index (χ2n) is 8.30. The number of benzene rings is 2. The molecule has 0 radical (unpaired) electrons. The van der Waals surface area contributed by atoms with E-state index in [2.05, 4.69) is 65.4 Å². The van der Waals surface area contributed by atoms with Crippen molar-refractivity contribution >= 4 is 22.8 Å². The number of fused-ring (bicyclic) bond motifs is 2. The molecule has 1 aliphatic rings. The second kappa shape index (κ2) is 7.99. The number of hydrogen-bond donors (Lipinski definition) is 1. The number of aromatic nitrogens is 3. The number of imidazole rings is 1. The number of rotatable bonds is 5. The lowest BCUT2D eigenvalue weighted by molar-refractivity contribution is -0.119. The molecule has 3 heterocycles. The van der Waals surface area contributed by atoms with Gasteiger partial charge in [0.05, 0.1) is 11.0 Å². The highest BCUT2D eigenvalue weighted by atomic mass is 16.2. The molecule has 1 aliphatic heterocycles. The highest BCUT2D eigenvalue weighted by Crippen LogP contribution is 2.36. The number of anilines is 1. The molecule has 4 aromatic rings. The molecule has 1 atom stereocenters. The van der Waals surface area contributed by atoms with Crippen molar-refractivity contribution in [1.29, 1.82) is 0 Å². The van der Waals surface area contributed by atoms with Crippen LogP contribution in [0.1, 0.15) is 42.4 Å². The number of nitrogens with zero attached hydrogens (tertiary/aromatic N) is 3. The summed E-state index contributed by atoms with van der Waals surface area (Å²) in [6.45, 7) is 2.16. The Balaban J connectivity index is 1.31. The smallest absolute Gasteiger partial charge is 0.228 e. The topological polar surface area (TPSA) is 61.9 Å². The zero-order chi connectivity index (χ0) is 21.4. The fourth-order valence-electron chi connectivity index (χ4n) is 4.43. The largest absolute Gasteiger partial charge is 0.338 e. The lowest BCUT2D eigenvalue weighted by Gasteiger charge is -2.30. The Morgan fingerprint density at radius 3 is 2.71 bits per heavy atom. The summed E-state index contributed by atoms with van der Waals surface area (Å²) in [5, 5.41) is 0. The molecule has 0 bridgehead atoms. The molecule has 1 amide bonds. The van der Waals surface area contributed by atoms with Crippen molar-refractivity contribution < 1.29 is 4.79 Å². The molecular weight excluding hydrogens is 384 g/mol. The SMILES string of the molecule is CCc1ccc2nc(-c3ccc(CCC4CC(=O)N(C)c5ncccc54)cc3)[nH]c2c1. The molecule has 0 aliphatic carbocycles. The normalized spacial score (nSPS) is 16.0. The minimum Gasteiger partial charge on any atom is -0.338 e. The lowest BCUT2D eigenvalue weighted by Crippen LogP contribution is -2.34.